The Morgan fingerprint density at radius 1 is 0.800 bits per heavy atom. The molecule has 0 atom stereocenters. The second kappa shape index (κ2) is 10.8. The van der Waals surface area contributed by atoms with Crippen LogP contribution in [0.5, 0.6) is 0 Å². The summed E-state index contributed by atoms with van der Waals surface area (Å²) in [5.74, 6) is -2.92. The van der Waals surface area contributed by atoms with Crippen molar-refractivity contribution in [3.8, 4) is 0 Å². The van der Waals surface area contributed by atoms with E-state index in [9.17, 15) is 14.7 Å². The zero-order valence-corrected chi connectivity index (χ0v) is 15.7. The number of hydrogen-bond acceptors (Lipinski definition) is 5. The van der Waals surface area contributed by atoms with Gasteiger partial charge in [-0.05, 0) is 57.4 Å². The quantitative estimate of drug-likeness (QED) is 0.616. The van der Waals surface area contributed by atoms with Crippen LogP contribution in [0.1, 0.15) is 55.3 Å². The molecule has 0 aromatic heterocycles. The fourth-order valence-electron chi connectivity index (χ4n) is 2.60. The molecule has 0 bridgehead atoms. The second-order valence-electron chi connectivity index (χ2n) is 5.50. The highest BCUT2D eigenvalue weighted by molar-refractivity contribution is 5.91. The Balaban J connectivity index is 0.000000462. The average molecular weight is 354 g/mol. The maximum Gasteiger partial charge on any atom is 0.335 e. The van der Waals surface area contributed by atoms with Crippen LogP contribution in [0.4, 0.5) is 0 Å². The number of hydrogen-bond donors (Lipinski definition) is 3. The van der Waals surface area contributed by atoms with Gasteiger partial charge in [0.2, 0.25) is 0 Å². The number of aliphatic hydroxyl groups is 1. The molecule has 0 spiro atoms. The van der Waals surface area contributed by atoms with E-state index in [1.165, 1.54) is 24.3 Å². The van der Waals surface area contributed by atoms with Gasteiger partial charge in [0, 0.05) is 0 Å². The molecule has 0 fully saturated rings. The molecule has 142 valence electrons. The summed E-state index contributed by atoms with van der Waals surface area (Å²) >= 11 is 0. The van der Waals surface area contributed by atoms with Gasteiger partial charge in [0.1, 0.15) is 0 Å². The van der Waals surface area contributed by atoms with E-state index in [0.29, 0.717) is 0 Å². The molecule has 25 heavy (non-hydrogen) atoms. The van der Waals surface area contributed by atoms with Crippen molar-refractivity contribution in [2.75, 3.05) is 26.2 Å². The first-order valence-electron chi connectivity index (χ1n) is 8.44. The van der Waals surface area contributed by atoms with Gasteiger partial charge in [-0.2, -0.15) is 0 Å². The summed E-state index contributed by atoms with van der Waals surface area (Å²) in [4.78, 5) is 24.8. The van der Waals surface area contributed by atoms with Crippen LogP contribution in [0.2, 0.25) is 0 Å². The standard InChI is InChI=1S/C10H24N2O.C8H6O4/c1-6-11(7-2)10(5,13)12(8-3)9-4;9-7(10)5-1-2-6(4-3-5)8(11)12/h13H,6-9H2,1-5H3;1-4H,(H,9,10)(H,11,12). The van der Waals surface area contributed by atoms with Crippen LogP contribution in [0.15, 0.2) is 24.3 Å². The first-order chi connectivity index (χ1) is 11.6. The molecule has 0 aliphatic rings. The van der Waals surface area contributed by atoms with Crippen LogP contribution in [-0.4, -0.2) is 69.1 Å². The predicted molar refractivity (Wildman–Crippen MR) is 96.8 cm³/mol. The third-order valence-electron chi connectivity index (χ3n) is 4.10. The highest BCUT2D eigenvalue weighted by Crippen LogP contribution is 2.15. The summed E-state index contributed by atoms with van der Waals surface area (Å²) in [6.45, 7) is 13.7. The summed E-state index contributed by atoms with van der Waals surface area (Å²) in [6, 6.07) is 5.02. The van der Waals surface area contributed by atoms with Gasteiger partial charge >= 0.3 is 11.9 Å². The minimum Gasteiger partial charge on any atom is -0.478 e. The summed E-state index contributed by atoms with van der Waals surface area (Å²) in [6.07, 6.45) is 0. The number of carboxylic acids is 2. The summed E-state index contributed by atoms with van der Waals surface area (Å²) in [5, 5.41) is 27.2. The number of rotatable bonds is 8. The third kappa shape index (κ3) is 6.81. The van der Waals surface area contributed by atoms with E-state index >= 15 is 0 Å². The van der Waals surface area contributed by atoms with Crippen molar-refractivity contribution in [1.82, 2.24) is 9.80 Å². The van der Waals surface area contributed by atoms with Gasteiger partial charge in [0.05, 0.1) is 11.1 Å². The maximum absolute atomic E-state index is 10.3. The van der Waals surface area contributed by atoms with Gasteiger partial charge in [0.25, 0.3) is 0 Å². The van der Waals surface area contributed by atoms with E-state index in [1.54, 1.807) is 0 Å². The van der Waals surface area contributed by atoms with Crippen molar-refractivity contribution in [1.29, 1.82) is 0 Å². The molecule has 0 aliphatic heterocycles. The fraction of sp³-hybridized carbons (Fsp3) is 0.556. The Morgan fingerprint density at radius 3 is 1.20 bits per heavy atom. The summed E-state index contributed by atoms with van der Waals surface area (Å²) < 4.78 is 0. The molecule has 0 saturated carbocycles. The topological polar surface area (TPSA) is 101 Å². The molecule has 0 heterocycles. The van der Waals surface area contributed by atoms with Gasteiger partial charge in [-0.25, -0.2) is 9.59 Å². The van der Waals surface area contributed by atoms with Crippen molar-refractivity contribution in [3.05, 3.63) is 35.4 Å². The summed E-state index contributed by atoms with van der Waals surface area (Å²) in [7, 11) is 0. The third-order valence-corrected chi connectivity index (χ3v) is 4.10. The van der Waals surface area contributed by atoms with E-state index in [-0.39, 0.29) is 11.1 Å². The van der Waals surface area contributed by atoms with Crippen molar-refractivity contribution in [3.63, 3.8) is 0 Å². The van der Waals surface area contributed by atoms with Crippen LogP contribution in [0, 0.1) is 0 Å². The molecule has 0 unspecified atom stereocenters. The lowest BCUT2D eigenvalue weighted by Crippen LogP contribution is -2.58. The predicted octanol–water partition coefficient (Wildman–Crippen LogP) is 2.42. The Hall–Kier alpha value is -1.96. The fourth-order valence-corrected chi connectivity index (χ4v) is 2.60. The van der Waals surface area contributed by atoms with Gasteiger partial charge < -0.3 is 15.3 Å². The molecule has 0 radical (unpaired) electrons. The van der Waals surface area contributed by atoms with Crippen LogP contribution in [-0.2, 0) is 0 Å². The molecular formula is C18H30N2O5. The molecule has 0 aliphatic carbocycles. The van der Waals surface area contributed by atoms with Crippen molar-refractivity contribution in [2.24, 2.45) is 0 Å². The first-order valence-corrected chi connectivity index (χ1v) is 8.44. The molecule has 1 rings (SSSR count). The van der Waals surface area contributed by atoms with Crippen molar-refractivity contribution in [2.45, 2.75) is 40.5 Å². The van der Waals surface area contributed by atoms with Crippen molar-refractivity contribution < 1.29 is 24.9 Å². The smallest absolute Gasteiger partial charge is 0.335 e. The SMILES string of the molecule is CCN(CC)C(C)(O)N(CC)CC.O=C(O)c1ccc(C(=O)O)cc1. The van der Waals surface area contributed by atoms with Crippen molar-refractivity contribution >= 4 is 11.9 Å². The van der Waals surface area contributed by atoms with Gasteiger partial charge in [-0.1, -0.05) is 27.7 Å². The minimum absolute atomic E-state index is 0.0833. The highest BCUT2D eigenvalue weighted by atomic mass is 16.4. The van der Waals surface area contributed by atoms with E-state index in [4.69, 9.17) is 10.2 Å². The number of carboxylic acid groups (broad SMARTS) is 2. The maximum atomic E-state index is 10.3. The minimum atomic E-state index is -1.06. The molecule has 7 heteroatoms. The Morgan fingerprint density at radius 2 is 1.04 bits per heavy atom. The van der Waals surface area contributed by atoms with Crippen LogP contribution >= 0.6 is 0 Å². The molecule has 1 aromatic rings. The monoisotopic (exact) mass is 354 g/mol. The number of benzene rings is 1. The molecule has 0 amide bonds. The first kappa shape index (κ1) is 23.0. The average Bonchev–Trinajstić information content (AvgIpc) is 2.57. The number of nitrogens with zero attached hydrogens (tertiary/aromatic N) is 2. The number of carbonyl (C=O) groups is 2. The highest BCUT2D eigenvalue weighted by Gasteiger charge is 2.31. The second-order valence-corrected chi connectivity index (χ2v) is 5.50. The molecule has 0 saturated heterocycles. The largest absolute Gasteiger partial charge is 0.478 e. The molecule has 7 nitrogen and oxygen atoms in total. The Bertz CT molecular complexity index is 488. The van der Waals surface area contributed by atoms with Crippen LogP contribution in [0.25, 0.3) is 0 Å². The van der Waals surface area contributed by atoms with Crippen LogP contribution in [0.3, 0.4) is 0 Å². The van der Waals surface area contributed by atoms with E-state index in [1.807, 2.05) is 6.92 Å². The molecule has 3 N–H and O–H groups in total. The van der Waals surface area contributed by atoms with Gasteiger partial charge in [-0.15, -0.1) is 0 Å². The zero-order valence-electron chi connectivity index (χ0n) is 15.7. The van der Waals surface area contributed by atoms with Crippen LogP contribution < -0.4 is 0 Å². The van der Waals surface area contributed by atoms with E-state index in [2.05, 4.69) is 37.5 Å². The van der Waals surface area contributed by atoms with E-state index in [0.717, 1.165) is 26.2 Å². The van der Waals surface area contributed by atoms with Gasteiger partial charge in [0.15, 0.2) is 5.85 Å². The normalized spacial score (nSPS) is 11.2. The lowest BCUT2D eigenvalue weighted by molar-refractivity contribution is -0.198. The zero-order chi connectivity index (χ0) is 19.6. The Kier molecular flexibility index (Phi) is 9.96. The summed E-state index contributed by atoms with van der Waals surface area (Å²) in [5.41, 5.74) is 0.167. The lowest BCUT2D eigenvalue weighted by atomic mass is 10.1. The Labute approximate surface area is 149 Å². The number of aromatic carboxylic acids is 2. The lowest BCUT2D eigenvalue weighted by Gasteiger charge is -2.43. The van der Waals surface area contributed by atoms with E-state index < -0.39 is 17.8 Å². The van der Waals surface area contributed by atoms with Gasteiger partial charge in [-0.3, -0.25) is 9.80 Å². The molecule has 1 aromatic carbocycles. The molecular weight excluding hydrogens is 324 g/mol.